The van der Waals surface area contributed by atoms with Gasteiger partial charge in [-0.1, -0.05) is 48.5 Å². The van der Waals surface area contributed by atoms with E-state index in [2.05, 4.69) is 15.6 Å². The lowest BCUT2D eigenvalue weighted by molar-refractivity contribution is -0.139. The van der Waals surface area contributed by atoms with E-state index < -0.39 is 40.4 Å². The number of aromatic amines is 1. The number of rotatable bonds is 13. The molecule has 2 aromatic carbocycles. The van der Waals surface area contributed by atoms with Gasteiger partial charge in [-0.3, -0.25) is 13.8 Å². The highest BCUT2D eigenvalue weighted by Crippen LogP contribution is 2.54. The third-order valence-electron chi connectivity index (χ3n) is 10.1. The number of para-hydroxylation sites is 1. The number of ether oxygens (including phenoxy) is 2. The zero-order valence-electron chi connectivity index (χ0n) is 26.7. The van der Waals surface area contributed by atoms with Crippen molar-refractivity contribution in [1.29, 1.82) is 0 Å². The maximum atomic E-state index is 14.3. The van der Waals surface area contributed by atoms with Crippen molar-refractivity contribution in [2.45, 2.75) is 76.5 Å². The van der Waals surface area contributed by atoms with E-state index in [1.165, 1.54) is 6.42 Å². The monoisotopic (exact) mass is 647 g/mol. The van der Waals surface area contributed by atoms with Crippen LogP contribution in [0.5, 0.6) is 0 Å². The molecule has 0 aliphatic heterocycles. The first-order valence-electron chi connectivity index (χ1n) is 16.6. The molecule has 4 fully saturated rings. The molecular formula is C36H45N3O6S. The van der Waals surface area contributed by atoms with Crippen LogP contribution in [0.1, 0.15) is 57.1 Å². The number of hydrogen-bond donors (Lipinski definition) is 3. The summed E-state index contributed by atoms with van der Waals surface area (Å²) in [6.45, 7) is 3.63. The second-order valence-corrected chi connectivity index (χ2v) is 15.2. The van der Waals surface area contributed by atoms with Crippen LogP contribution in [0.4, 0.5) is 4.79 Å². The summed E-state index contributed by atoms with van der Waals surface area (Å²) in [6.07, 6.45) is 7.55. The van der Waals surface area contributed by atoms with E-state index >= 15 is 0 Å². The highest BCUT2D eigenvalue weighted by Gasteiger charge is 2.50. The summed E-state index contributed by atoms with van der Waals surface area (Å²) in [7, 11) is -1.57. The number of H-pyrrole nitrogens is 1. The van der Waals surface area contributed by atoms with Crippen molar-refractivity contribution in [2.75, 3.05) is 18.1 Å². The first-order valence-corrected chi connectivity index (χ1v) is 18.1. The van der Waals surface area contributed by atoms with Crippen molar-refractivity contribution >= 4 is 39.7 Å². The fourth-order valence-corrected chi connectivity index (χ4v) is 9.41. The summed E-state index contributed by atoms with van der Waals surface area (Å²) in [4.78, 5) is 43.3. The highest BCUT2D eigenvalue weighted by atomic mass is 32.2. The zero-order valence-corrected chi connectivity index (χ0v) is 27.5. The predicted octanol–water partition coefficient (Wildman–Crippen LogP) is 5.06. The minimum atomic E-state index is -1.57. The minimum Gasteiger partial charge on any atom is -0.465 e. The average molecular weight is 648 g/mol. The quantitative estimate of drug-likeness (QED) is 0.223. The van der Waals surface area contributed by atoms with E-state index in [0.29, 0.717) is 18.3 Å². The third kappa shape index (κ3) is 7.48. The molecule has 246 valence electrons. The molecule has 4 bridgehead atoms. The van der Waals surface area contributed by atoms with Gasteiger partial charge in [-0.05, 0) is 93.2 Å². The fourth-order valence-electron chi connectivity index (χ4n) is 8.30. The number of hydrogen-bond acceptors (Lipinski definition) is 6. The smallest absolute Gasteiger partial charge is 0.408 e. The van der Waals surface area contributed by atoms with Crippen molar-refractivity contribution < 1.29 is 28.1 Å². The van der Waals surface area contributed by atoms with E-state index in [4.69, 9.17) is 9.47 Å². The predicted molar refractivity (Wildman–Crippen MR) is 177 cm³/mol. The molecule has 3 aromatic rings. The summed E-state index contributed by atoms with van der Waals surface area (Å²) >= 11 is 0. The maximum absolute atomic E-state index is 14.3. The van der Waals surface area contributed by atoms with E-state index in [1.54, 1.807) is 13.8 Å². The number of esters is 1. The van der Waals surface area contributed by atoms with Crippen LogP contribution in [0.25, 0.3) is 10.9 Å². The van der Waals surface area contributed by atoms with Gasteiger partial charge < -0.3 is 25.1 Å². The molecule has 7 rings (SSSR count). The van der Waals surface area contributed by atoms with E-state index in [-0.39, 0.29) is 30.6 Å². The van der Waals surface area contributed by atoms with Crippen LogP contribution in [0.2, 0.25) is 0 Å². The van der Waals surface area contributed by atoms with Gasteiger partial charge in [0.2, 0.25) is 5.91 Å². The summed E-state index contributed by atoms with van der Waals surface area (Å²) < 4.78 is 24.2. The lowest BCUT2D eigenvalue weighted by atomic mass is 9.55. The lowest BCUT2D eigenvalue weighted by Gasteiger charge is -2.53. The molecule has 10 heteroatoms. The number of alkyl carbamates (subject to hydrolysis) is 1. The first-order chi connectivity index (χ1) is 22.2. The van der Waals surface area contributed by atoms with Gasteiger partial charge in [0.15, 0.2) is 0 Å². The molecule has 46 heavy (non-hydrogen) atoms. The van der Waals surface area contributed by atoms with Crippen LogP contribution in [-0.4, -0.2) is 63.0 Å². The van der Waals surface area contributed by atoms with Gasteiger partial charge in [0.05, 0.1) is 6.61 Å². The number of amides is 2. The van der Waals surface area contributed by atoms with Gasteiger partial charge in [0, 0.05) is 46.1 Å². The Balaban J connectivity index is 1.22. The Morgan fingerprint density at radius 2 is 1.65 bits per heavy atom. The Kier molecular flexibility index (Phi) is 9.82. The van der Waals surface area contributed by atoms with Crippen LogP contribution < -0.4 is 10.6 Å². The standard InChI is InChI=1S/C36H45N3O6S/c1-3-44-32(40)22-46(43)21-29(18-23-9-5-4-6-10-23)38-34(41)36(2,19-28-20-37-31-12-8-7-11-30(28)31)39-35(42)45-33-26-14-24-13-25(16-26)17-27(33)15-24/h4-12,20,24-27,29,33,37H,3,13-19,21-22H2,1-2H3,(H,38,41)(H,39,42)/t24?,25?,26?,27?,29-,33?,36+,46?/m0/s1. The normalized spacial score (nSPS) is 25.7. The third-order valence-corrected chi connectivity index (χ3v) is 11.4. The van der Waals surface area contributed by atoms with E-state index in [0.717, 1.165) is 59.5 Å². The number of fused-ring (bicyclic) bond motifs is 1. The van der Waals surface area contributed by atoms with Crippen LogP contribution >= 0.6 is 0 Å². The van der Waals surface area contributed by atoms with Gasteiger partial charge in [-0.15, -0.1) is 0 Å². The molecule has 4 aliphatic rings. The van der Waals surface area contributed by atoms with Crippen molar-refractivity contribution in [3.8, 4) is 0 Å². The molecule has 9 nitrogen and oxygen atoms in total. The second-order valence-electron chi connectivity index (χ2n) is 13.7. The molecule has 4 aliphatic carbocycles. The van der Waals surface area contributed by atoms with Crippen molar-refractivity contribution in [2.24, 2.45) is 23.7 Å². The number of carbonyl (C=O) groups is 3. The topological polar surface area (TPSA) is 127 Å². The van der Waals surface area contributed by atoms with Gasteiger partial charge in [0.25, 0.3) is 0 Å². The molecule has 0 spiro atoms. The molecule has 2 amide bonds. The average Bonchev–Trinajstić information content (AvgIpc) is 3.41. The van der Waals surface area contributed by atoms with E-state index in [9.17, 15) is 18.6 Å². The zero-order chi connectivity index (χ0) is 32.3. The van der Waals surface area contributed by atoms with Crippen LogP contribution in [-0.2, 0) is 42.7 Å². The highest BCUT2D eigenvalue weighted by molar-refractivity contribution is 7.85. The lowest BCUT2D eigenvalue weighted by Crippen LogP contribution is -2.61. The van der Waals surface area contributed by atoms with Crippen LogP contribution in [0.3, 0.4) is 0 Å². The number of nitrogens with one attached hydrogen (secondary N) is 3. The van der Waals surface area contributed by atoms with Crippen molar-refractivity contribution in [1.82, 2.24) is 15.6 Å². The van der Waals surface area contributed by atoms with Gasteiger partial charge in [0.1, 0.15) is 17.4 Å². The summed E-state index contributed by atoms with van der Waals surface area (Å²) in [5.41, 5.74) is 1.39. The first kappa shape index (κ1) is 32.3. The summed E-state index contributed by atoms with van der Waals surface area (Å²) in [6, 6.07) is 16.9. The summed E-state index contributed by atoms with van der Waals surface area (Å²) in [5.74, 6) is 1.13. The molecule has 1 heterocycles. The molecule has 3 atom stereocenters. The molecule has 1 unspecified atom stereocenters. The van der Waals surface area contributed by atoms with Gasteiger partial charge in [-0.2, -0.15) is 0 Å². The Bertz CT molecular complexity index is 1550. The summed E-state index contributed by atoms with van der Waals surface area (Å²) in [5, 5.41) is 7.06. The molecular weight excluding hydrogens is 602 g/mol. The van der Waals surface area contributed by atoms with Crippen molar-refractivity contribution in [3.05, 3.63) is 71.9 Å². The SMILES string of the molecule is CCOC(=O)CS(=O)C[C@H](Cc1ccccc1)NC(=O)[C@@](C)(Cc1c[nH]c2ccccc12)NC(=O)OC1C2CC3CC(C2)CC1C3. The van der Waals surface area contributed by atoms with Crippen LogP contribution in [0, 0.1) is 23.7 Å². The minimum absolute atomic E-state index is 0.0564. The Morgan fingerprint density at radius 1 is 0.978 bits per heavy atom. The van der Waals surface area contributed by atoms with E-state index in [1.807, 2.05) is 60.8 Å². The molecule has 1 aromatic heterocycles. The maximum Gasteiger partial charge on any atom is 0.408 e. The fraction of sp³-hybridized carbons (Fsp3) is 0.528. The van der Waals surface area contributed by atoms with Crippen LogP contribution in [0.15, 0.2) is 60.8 Å². The van der Waals surface area contributed by atoms with Gasteiger partial charge >= 0.3 is 12.1 Å². The number of carbonyl (C=O) groups excluding carboxylic acids is 3. The molecule has 0 saturated heterocycles. The molecule has 0 radical (unpaired) electrons. The Morgan fingerprint density at radius 3 is 2.35 bits per heavy atom. The molecule has 3 N–H and O–H groups in total. The largest absolute Gasteiger partial charge is 0.465 e. The van der Waals surface area contributed by atoms with Crippen molar-refractivity contribution in [3.63, 3.8) is 0 Å². The number of benzene rings is 2. The Hall–Kier alpha value is -3.66. The van der Waals surface area contributed by atoms with Gasteiger partial charge in [-0.25, -0.2) is 4.79 Å². The second kappa shape index (κ2) is 14.0. The molecule has 4 saturated carbocycles. The number of aromatic nitrogens is 1. The Labute approximate surface area is 273 Å².